The molecule has 0 spiro atoms. The van der Waals surface area contributed by atoms with Crippen LogP contribution in [0.3, 0.4) is 0 Å². The van der Waals surface area contributed by atoms with Gasteiger partial charge in [-0.2, -0.15) is 0 Å². The molecule has 1 fully saturated rings. The summed E-state index contributed by atoms with van der Waals surface area (Å²) >= 11 is 4.97. The van der Waals surface area contributed by atoms with Gasteiger partial charge in [0.05, 0.1) is 6.10 Å². The molecule has 0 aliphatic carbocycles. The van der Waals surface area contributed by atoms with Gasteiger partial charge < -0.3 is 10.8 Å². The lowest BCUT2D eigenvalue weighted by Gasteiger charge is -2.30. The topological polar surface area (TPSA) is 49.5 Å². The summed E-state index contributed by atoms with van der Waals surface area (Å²) in [6.45, 7) is 2.67. The van der Waals surface area contributed by atoms with E-state index in [4.69, 9.17) is 18.0 Å². The second-order valence-corrected chi connectivity index (χ2v) is 5.04. The first-order chi connectivity index (χ1) is 8.15. The van der Waals surface area contributed by atoms with Crippen molar-refractivity contribution >= 4 is 17.2 Å². The Morgan fingerprint density at radius 1 is 1.53 bits per heavy atom. The number of likely N-dealkylation sites (tertiary alicyclic amines) is 1. The minimum absolute atomic E-state index is 0.178. The molecular weight excluding hydrogens is 232 g/mol. The first kappa shape index (κ1) is 12.5. The van der Waals surface area contributed by atoms with E-state index in [1.54, 1.807) is 0 Å². The van der Waals surface area contributed by atoms with Gasteiger partial charge >= 0.3 is 0 Å². The van der Waals surface area contributed by atoms with Crippen LogP contribution in [0.1, 0.15) is 24.0 Å². The lowest BCUT2D eigenvalue weighted by atomic mass is 10.1. The van der Waals surface area contributed by atoms with E-state index in [1.807, 2.05) is 18.2 Å². The highest BCUT2D eigenvalue weighted by molar-refractivity contribution is 7.80. The number of benzene rings is 1. The lowest BCUT2D eigenvalue weighted by molar-refractivity contribution is 0.0668. The summed E-state index contributed by atoms with van der Waals surface area (Å²) in [7, 11) is 0. The standard InChI is InChI=1S/C13H18N2OS/c14-13(17)11-4-1-3-10(7-11)8-15-6-2-5-12(16)9-15/h1,3-4,7,12,16H,2,5-6,8-9H2,(H2,14,17). The Morgan fingerprint density at radius 3 is 3.06 bits per heavy atom. The minimum Gasteiger partial charge on any atom is -0.392 e. The number of β-amino-alcohol motifs (C(OH)–C–C–N with tert-alkyl or cyclic N) is 1. The molecule has 1 aromatic carbocycles. The van der Waals surface area contributed by atoms with Crippen LogP contribution in [-0.4, -0.2) is 34.2 Å². The Morgan fingerprint density at radius 2 is 2.35 bits per heavy atom. The van der Waals surface area contributed by atoms with Crippen LogP contribution in [0.5, 0.6) is 0 Å². The van der Waals surface area contributed by atoms with Crippen LogP contribution in [0.2, 0.25) is 0 Å². The molecule has 1 aliphatic rings. The maximum absolute atomic E-state index is 9.62. The summed E-state index contributed by atoms with van der Waals surface area (Å²) in [5, 5.41) is 9.62. The average Bonchev–Trinajstić information content (AvgIpc) is 2.29. The van der Waals surface area contributed by atoms with E-state index in [0.717, 1.165) is 38.0 Å². The number of aliphatic hydroxyl groups excluding tert-OH is 1. The molecular formula is C13H18N2OS. The molecule has 92 valence electrons. The fourth-order valence-electron chi connectivity index (χ4n) is 2.26. The number of rotatable bonds is 3. The third kappa shape index (κ3) is 3.49. The van der Waals surface area contributed by atoms with E-state index in [0.29, 0.717) is 4.99 Å². The van der Waals surface area contributed by atoms with Crippen molar-refractivity contribution in [3.63, 3.8) is 0 Å². The molecule has 0 aromatic heterocycles. The SMILES string of the molecule is NC(=S)c1cccc(CN2CCCC(O)C2)c1. The van der Waals surface area contributed by atoms with E-state index in [9.17, 15) is 5.11 Å². The van der Waals surface area contributed by atoms with Crippen LogP contribution in [0.15, 0.2) is 24.3 Å². The molecule has 1 unspecified atom stereocenters. The normalized spacial score (nSPS) is 21.4. The van der Waals surface area contributed by atoms with Gasteiger partial charge in [0.2, 0.25) is 0 Å². The molecule has 0 radical (unpaired) electrons. The van der Waals surface area contributed by atoms with Gasteiger partial charge in [0, 0.05) is 18.7 Å². The molecule has 1 saturated heterocycles. The maximum atomic E-state index is 9.62. The van der Waals surface area contributed by atoms with Crippen LogP contribution in [0.25, 0.3) is 0 Å². The highest BCUT2D eigenvalue weighted by Gasteiger charge is 2.17. The van der Waals surface area contributed by atoms with Crippen molar-refractivity contribution in [2.45, 2.75) is 25.5 Å². The van der Waals surface area contributed by atoms with Gasteiger partial charge in [-0.1, -0.05) is 30.4 Å². The maximum Gasteiger partial charge on any atom is 0.103 e. The Bertz CT molecular complexity index is 408. The first-order valence-corrected chi connectivity index (χ1v) is 6.35. The minimum atomic E-state index is -0.178. The third-order valence-electron chi connectivity index (χ3n) is 3.10. The van der Waals surface area contributed by atoms with Crippen LogP contribution in [0.4, 0.5) is 0 Å². The van der Waals surface area contributed by atoms with Crippen molar-refractivity contribution in [1.82, 2.24) is 4.90 Å². The number of nitrogens with zero attached hydrogens (tertiary/aromatic N) is 1. The molecule has 3 N–H and O–H groups in total. The number of piperidine rings is 1. The Kier molecular flexibility index (Phi) is 4.10. The molecule has 0 bridgehead atoms. The van der Waals surface area contributed by atoms with Crippen molar-refractivity contribution in [2.24, 2.45) is 5.73 Å². The number of hydrogen-bond donors (Lipinski definition) is 2. The summed E-state index contributed by atoms with van der Waals surface area (Å²) in [5.41, 5.74) is 7.73. The van der Waals surface area contributed by atoms with E-state index in [1.165, 1.54) is 5.56 Å². The monoisotopic (exact) mass is 250 g/mol. The second-order valence-electron chi connectivity index (χ2n) is 4.60. The summed E-state index contributed by atoms with van der Waals surface area (Å²) in [4.78, 5) is 2.71. The molecule has 1 atom stereocenters. The van der Waals surface area contributed by atoms with E-state index in [2.05, 4.69) is 11.0 Å². The van der Waals surface area contributed by atoms with E-state index < -0.39 is 0 Å². The molecule has 1 aromatic rings. The van der Waals surface area contributed by atoms with Gasteiger partial charge in [0.1, 0.15) is 4.99 Å². The summed E-state index contributed by atoms with van der Waals surface area (Å²) in [6, 6.07) is 8.01. The van der Waals surface area contributed by atoms with Crippen LogP contribution in [0, 0.1) is 0 Å². The number of thiocarbonyl (C=S) groups is 1. The first-order valence-electron chi connectivity index (χ1n) is 5.94. The zero-order valence-corrected chi connectivity index (χ0v) is 10.6. The molecule has 3 nitrogen and oxygen atoms in total. The molecule has 2 rings (SSSR count). The highest BCUT2D eigenvalue weighted by Crippen LogP contribution is 2.14. The van der Waals surface area contributed by atoms with E-state index >= 15 is 0 Å². The zero-order chi connectivity index (χ0) is 12.3. The van der Waals surface area contributed by atoms with Gasteiger partial charge in [0.25, 0.3) is 0 Å². The van der Waals surface area contributed by atoms with E-state index in [-0.39, 0.29) is 6.10 Å². The third-order valence-corrected chi connectivity index (χ3v) is 3.33. The van der Waals surface area contributed by atoms with Crippen molar-refractivity contribution < 1.29 is 5.11 Å². The molecule has 0 amide bonds. The molecule has 1 heterocycles. The number of aliphatic hydroxyl groups is 1. The smallest absolute Gasteiger partial charge is 0.103 e. The number of nitrogens with two attached hydrogens (primary N) is 1. The zero-order valence-electron chi connectivity index (χ0n) is 9.80. The van der Waals surface area contributed by atoms with Gasteiger partial charge in [-0.05, 0) is 31.0 Å². The Hall–Kier alpha value is -0.970. The van der Waals surface area contributed by atoms with Gasteiger partial charge in [-0.25, -0.2) is 0 Å². The molecule has 17 heavy (non-hydrogen) atoms. The summed E-state index contributed by atoms with van der Waals surface area (Å²) in [6.07, 6.45) is 1.81. The van der Waals surface area contributed by atoms with Crippen molar-refractivity contribution in [3.05, 3.63) is 35.4 Å². The van der Waals surface area contributed by atoms with Crippen LogP contribution < -0.4 is 5.73 Å². The number of hydrogen-bond acceptors (Lipinski definition) is 3. The summed E-state index contributed by atoms with van der Waals surface area (Å²) < 4.78 is 0. The molecule has 1 aliphatic heterocycles. The van der Waals surface area contributed by atoms with Crippen LogP contribution in [-0.2, 0) is 6.54 Å². The van der Waals surface area contributed by atoms with Crippen LogP contribution >= 0.6 is 12.2 Å². The van der Waals surface area contributed by atoms with Gasteiger partial charge in [-0.15, -0.1) is 0 Å². The molecule has 4 heteroatoms. The largest absolute Gasteiger partial charge is 0.392 e. The highest BCUT2D eigenvalue weighted by atomic mass is 32.1. The summed E-state index contributed by atoms with van der Waals surface area (Å²) in [5.74, 6) is 0. The quantitative estimate of drug-likeness (QED) is 0.793. The lowest BCUT2D eigenvalue weighted by Crippen LogP contribution is -2.37. The molecule has 0 saturated carbocycles. The fourth-order valence-corrected chi connectivity index (χ4v) is 2.38. The predicted octanol–water partition coefficient (Wildman–Crippen LogP) is 1.28. The second kappa shape index (κ2) is 5.58. The average molecular weight is 250 g/mol. The van der Waals surface area contributed by atoms with Crippen molar-refractivity contribution in [1.29, 1.82) is 0 Å². The predicted molar refractivity (Wildman–Crippen MR) is 72.8 cm³/mol. The van der Waals surface area contributed by atoms with Crippen molar-refractivity contribution in [2.75, 3.05) is 13.1 Å². The van der Waals surface area contributed by atoms with Gasteiger partial charge in [-0.3, -0.25) is 4.90 Å². The van der Waals surface area contributed by atoms with Crippen molar-refractivity contribution in [3.8, 4) is 0 Å². The fraction of sp³-hybridized carbons (Fsp3) is 0.462. The van der Waals surface area contributed by atoms with Gasteiger partial charge in [0.15, 0.2) is 0 Å². The Balaban J connectivity index is 2.02. The Labute approximate surface area is 107 Å².